The first-order valence-electron chi connectivity index (χ1n) is 6.96. The van der Waals surface area contributed by atoms with E-state index >= 15 is 0 Å². The number of carbonyl (C=O) groups excluding carboxylic acids is 1. The van der Waals surface area contributed by atoms with Gasteiger partial charge in [0.15, 0.2) is 0 Å². The van der Waals surface area contributed by atoms with Crippen LogP contribution >= 0.6 is 0 Å². The Kier molecular flexibility index (Phi) is 3.54. The van der Waals surface area contributed by atoms with E-state index in [0.717, 1.165) is 24.9 Å². The Morgan fingerprint density at radius 3 is 2.95 bits per heavy atom. The molecule has 1 aliphatic carbocycles. The van der Waals surface area contributed by atoms with E-state index in [1.807, 2.05) is 24.4 Å². The van der Waals surface area contributed by atoms with Gasteiger partial charge in [-0.05, 0) is 37.0 Å². The summed E-state index contributed by atoms with van der Waals surface area (Å²) >= 11 is 0. The molecule has 0 aromatic heterocycles. The van der Waals surface area contributed by atoms with Crippen molar-refractivity contribution in [3.63, 3.8) is 0 Å². The molecule has 1 aliphatic heterocycles. The zero-order valence-electron chi connectivity index (χ0n) is 11.6. The van der Waals surface area contributed by atoms with Crippen LogP contribution in [0.5, 0.6) is 0 Å². The lowest BCUT2D eigenvalue weighted by molar-refractivity contribution is -0.139. The van der Waals surface area contributed by atoms with Gasteiger partial charge in [0.25, 0.3) is 0 Å². The first-order valence-corrected chi connectivity index (χ1v) is 6.96. The summed E-state index contributed by atoms with van der Waals surface area (Å²) in [6.07, 6.45) is 5.43. The van der Waals surface area contributed by atoms with Crippen LogP contribution in [0.15, 0.2) is 46.6 Å². The summed E-state index contributed by atoms with van der Waals surface area (Å²) in [5, 5.41) is 6.59. The van der Waals surface area contributed by atoms with Gasteiger partial charge < -0.3 is 4.74 Å². The van der Waals surface area contributed by atoms with Crippen LogP contribution in [-0.2, 0) is 9.53 Å². The average Bonchev–Trinajstić information content (AvgIpc) is 2.93. The Bertz CT molecular complexity index is 563. The van der Waals surface area contributed by atoms with Crippen LogP contribution in [0.1, 0.15) is 25.7 Å². The molecule has 2 aliphatic rings. The number of hydrogen-bond donors (Lipinski definition) is 0. The van der Waals surface area contributed by atoms with Crippen molar-refractivity contribution in [2.24, 2.45) is 5.10 Å². The number of anilines is 1. The second-order valence-corrected chi connectivity index (χ2v) is 5.14. The third-order valence-electron chi connectivity index (χ3n) is 3.95. The molecule has 0 saturated carbocycles. The van der Waals surface area contributed by atoms with Gasteiger partial charge in [0.05, 0.1) is 31.5 Å². The van der Waals surface area contributed by atoms with Gasteiger partial charge in [-0.15, -0.1) is 0 Å². The van der Waals surface area contributed by atoms with Gasteiger partial charge in [-0.1, -0.05) is 23.8 Å². The van der Waals surface area contributed by atoms with Gasteiger partial charge in [0, 0.05) is 0 Å². The Balaban J connectivity index is 1.87. The normalized spacial score (nSPS) is 21.1. The Morgan fingerprint density at radius 1 is 1.40 bits per heavy atom. The second-order valence-electron chi connectivity index (χ2n) is 5.14. The van der Waals surface area contributed by atoms with Crippen molar-refractivity contribution in [1.29, 1.82) is 0 Å². The molecule has 0 bridgehead atoms. The molecule has 1 unspecified atom stereocenters. The van der Waals surface area contributed by atoms with Crippen molar-refractivity contribution in [3.8, 4) is 0 Å². The molecular weight excluding hydrogens is 252 g/mol. The second kappa shape index (κ2) is 5.49. The van der Waals surface area contributed by atoms with E-state index in [1.54, 1.807) is 0 Å². The monoisotopic (exact) mass is 270 g/mol. The van der Waals surface area contributed by atoms with Crippen molar-refractivity contribution in [1.82, 2.24) is 0 Å². The van der Waals surface area contributed by atoms with Crippen molar-refractivity contribution in [3.05, 3.63) is 41.5 Å². The molecular formula is C16H18N2O2. The number of ether oxygens (including phenoxy) is 1. The van der Waals surface area contributed by atoms with E-state index in [0.29, 0.717) is 6.42 Å². The zero-order valence-corrected chi connectivity index (χ0v) is 11.6. The minimum atomic E-state index is -0.167. The molecule has 1 aromatic carbocycles. The van der Waals surface area contributed by atoms with Crippen LogP contribution in [0.2, 0.25) is 0 Å². The standard InChI is InChI=1S/C16H18N2O2/c1-20-16(19)10-12-6-5-9-15-14(12)11-17-18(15)13-7-3-2-4-8-13/h2-4,7-8,11,15H,5-6,9-10H2,1H3. The number of para-hydroxylation sites is 1. The Hall–Kier alpha value is -2.10. The number of rotatable bonds is 3. The van der Waals surface area contributed by atoms with E-state index in [2.05, 4.69) is 22.2 Å². The third-order valence-corrected chi connectivity index (χ3v) is 3.95. The average molecular weight is 270 g/mol. The predicted molar refractivity (Wildman–Crippen MR) is 78.7 cm³/mol. The Morgan fingerprint density at radius 2 is 2.20 bits per heavy atom. The molecule has 4 nitrogen and oxygen atoms in total. The molecule has 0 fully saturated rings. The lowest BCUT2D eigenvalue weighted by atomic mass is 9.87. The quantitative estimate of drug-likeness (QED) is 0.793. The first kappa shape index (κ1) is 12.9. The van der Waals surface area contributed by atoms with Crippen molar-refractivity contribution < 1.29 is 9.53 Å². The minimum Gasteiger partial charge on any atom is -0.469 e. The van der Waals surface area contributed by atoms with Crippen LogP contribution in [-0.4, -0.2) is 25.3 Å². The number of nitrogens with zero attached hydrogens (tertiary/aromatic N) is 2. The molecule has 20 heavy (non-hydrogen) atoms. The minimum absolute atomic E-state index is 0.167. The highest BCUT2D eigenvalue weighted by atomic mass is 16.5. The summed E-state index contributed by atoms with van der Waals surface area (Å²) in [7, 11) is 1.44. The summed E-state index contributed by atoms with van der Waals surface area (Å²) in [6, 6.07) is 10.4. The lowest BCUT2D eigenvalue weighted by Crippen LogP contribution is -2.30. The molecule has 0 amide bonds. The van der Waals surface area contributed by atoms with Crippen LogP contribution in [0, 0.1) is 0 Å². The maximum Gasteiger partial charge on any atom is 0.309 e. The number of benzene rings is 1. The van der Waals surface area contributed by atoms with Gasteiger partial charge in [0.1, 0.15) is 0 Å². The molecule has 1 heterocycles. The number of hydrazone groups is 1. The van der Waals surface area contributed by atoms with Crippen LogP contribution < -0.4 is 5.01 Å². The van der Waals surface area contributed by atoms with E-state index in [-0.39, 0.29) is 12.0 Å². The first-order chi connectivity index (χ1) is 9.79. The fourth-order valence-corrected chi connectivity index (χ4v) is 2.94. The molecule has 0 spiro atoms. The maximum absolute atomic E-state index is 11.5. The van der Waals surface area contributed by atoms with Crippen LogP contribution in [0.3, 0.4) is 0 Å². The largest absolute Gasteiger partial charge is 0.469 e. The van der Waals surface area contributed by atoms with Crippen LogP contribution in [0.25, 0.3) is 0 Å². The highest BCUT2D eigenvalue weighted by Crippen LogP contribution is 2.35. The lowest BCUT2D eigenvalue weighted by Gasteiger charge is -2.29. The molecule has 0 radical (unpaired) electrons. The number of fused-ring (bicyclic) bond motifs is 1. The Labute approximate surface area is 118 Å². The molecule has 3 rings (SSSR count). The van der Waals surface area contributed by atoms with E-state index in [9.17, 15) is 4.79 Å². The number of methoxy groups -OCH3 is 1. The van der Waals surface area contributed by atoms with Gasteiger partial charge >= 0.3 is 5.97 Å². The topological polar surface area (TPSA) is 41.9 Å². The predicted octanol–water partition coefficient (Wildman–Crippen LogP) is 2.90. The fraction of sp³-hybridized carbons (Fsp3) is 0.375. The number of hydrogen-bond acceptors (Lipinski definition) is 4. The zero-order chi connectivity index (χ0) is 13.9. The highest BCUT2D eigenvalue weighted by Gasteiger charge is 2.32. The summed E-state index contributed by atoms with van der Waals surface area (Å²) in [5.74, 6) is -0.167. The highest BCUT2D eigenvalue weighted by molar-refractivity contribution is 5.89. The summed E-state index contributed by atoms with van der Waals surface area (Å²) in [4.78, 5) is 11.5. The van der Waals surface area contributed by atoms with E-state index in [1.165, 1.54) is 18.3 Å². The van der Waals surface area contributed by atoms with E-state index in [4.69, 9.17) is 4.74 Å². The molecule has 4 heteroatoms. The summed E-state index contributed by atoms with van der Waals surface area (Å²) in [5.41, 5.74) is 3.48. The van der Waals surface area contributed by atoms with Gasteiger partial charge in [-0.3, -0.25) is 9.80 Å². The summed E-state index contributed by atoms with van der Waals surface area (Å²) < 4.78 is 4.78. The van der Waals surface area contributed by atoms with E-state index < -0.39 is 0 Å². The molecule has 0 N–H and O–H groups in total. The fourth-order valence-electron chi connectivity index (χ4n) is 2.94. The smallest absolute Gasteiger partial charge is 0.309 e. The SMILES string of the molecule is COC(=O)CC1=C2C=NN(c3ccccc3)C2CCC1. The number of carbonyl (C=O) groups is 1. The molecule has 1 aromatic rings. The maximum atomic E-state index is 11.5. The summed E-state index contributed by atoms with van der Waals surface area (Å²) in [6.45, 7) is 0. The third kappa shape index (κ3) is 2.33. The van der Waals surface area contributed by atoms with Gasteiger partial charge in [-0.2, -0.15) is 5.10 Å². The van der Waals surface area contributed by atoms with Crippen molar-refractivity contribution >= 4 is 17.9 Å². The molecule has 1 atom stereocenters. The number of esters is 1. The van der Waals surface area contributed by atoms with Gasteiger partial charge in [-0.25, -0.2) is 0 Å². The van der Waals surface area contributed by atoms with Crippen LogP contribution in [0.4, 0.5) is 5.69 Å². The van der Waals surface area contributed by atoms with Crippen molar-refractivity contribution in [2.45, 2.75) is 31.7 Å². The van der Waals surface area contributed by atoms with Gasteiger partial charge in [0.2, 0.25) is 0 Å². The molecule has 104 valence electrons. The molecule has 0 saturated heterocycles. The van der Waals surface area contributed by atoms with Crippen molar-refractivity contribution in [2.75, 3.05) is 12.1 Å².